The lowest BCUT2D eigenvalue weighted by Crippen LogP contribution is -2.26. The summed E-state index contributed by atoms with van der Waals surface area (Å²) >= 11 is 0. The molecule has 0 unspecified atom stereocenters. The summed E-state index contributed by atoms with van der Waals surface area (Å²) in [4.78, 5) is 27.4. The molecule has 0 fully saturated rings. The fraction of sp³-hybridized carbons (Fsp3) is 0.0714. The molecule has 1 aromatic carbocycles. The highest BCUT2D eigenvalue weighted by molar-refractivity contribution is 6.18. The zero-order chi connectivity index (χ0) is 16.4. The molecule has 1 heterocycles. The molecule has 6 nitrogen and oxygen atoms in total. The highest BCUT2D eigenvalue weighted by Gasteiger charge is 2.25. The van der Waals surface area contributed by atoms with Crippen LogP contribution in [0.25, 0.3) is 6.08 Å². The van der Waals surface area contributed by atoms with Crippen LogP contribution in [0.15, 0.2) is 35.0 Å². The minimum Gasteiger partial charge on any atom is -0.503 e. The summed E-state index contributed by atoms with van der Waals surface area (Å²) in [5.41, 5.74) is -0.117. The molecule has 2 rings (SSSR count). The molecule has 1 aliphatic heterocycles. The van der Waals surface area contributed by atoms with Crippen LogP contribution in [0.4, 0.5) is 8.78 Å². The summed E-state index contributed by atoms with van der Waals surface area (Å²) < 4.78 is 26.5. The molecule has 0 aliphatic carbocycles. The lowest BCUT2D eigenvalue weighted by Gasteiger charge is -2.07. The Morgan fingerprint density at radius 1 is 1.32 bits per heavy atom. The number of phenolic OH excluding ortho intramolecular Hbond substituents is 1. The van der Waals surface area contributed by atoms with Gasteiger partial charge in [-0.25, -0.2) is 18.6 Å². The van der Waals surface area contributed by atoms with Gasteiger partial charge in [-0.3, -0.25) is 9.69 Å². The van der Waals surface area contributed by atoms with E-state index >= 15 is 0 Å². The molecular weight excluding hydrogens is 298 g/mol. The number of amides is 1. The maximum absolute atomic E-state index is 13.2. The fourth-order valence-corrected chi connectivity index (χ4v) is 1.74. The third-order valence-corrected chi connectivity index (χ3v) is 2.82. The molecule has 114 valence electrons. The van der Waals surface area contributed by atoms with Gasteiger partial charge in [0.1, 0.15) is 11.5 Å². The van der Waals surface area contributed by atoms with Crippen LogP contribution in [0.2, 0.25) is 0 Å². The maximum atomic E-state index is 13.2. The molecule has 2 N–H and O–H groups in total. The number of carbonyl (C=O) groups excluding carboxylic acids is 1. The number of aliphatic carboxylic acids is 1. The van der Waals surface area contributed by atoms with Crippen LogP contribution in [0.1, 0.15) is 5.56 Å². The van der Waals surface area contributed by atoms with E-state index in [2.05, 4.69) is 4.99 Å². The standard InChI is InChI=1S/C14H10F2N2O4/c1-18-11(2-3-12(19)20)17-10(14(18)22)6-7-4-8(15)13(21)9(16)5-7/h2-6,21H,1H3,(H,19,20)/b3-2+,10-6-. The lowest BCUT2D eigenvalue weighted by molar-refractivity contribution is -0.131. The van der Waals surface area contributed by atoms with Crippen molar-refractivity contribution < 1.29 is 28.6 Å². The van der Waals surface area contributed by atoms with Gasteiger partial charge in [0.2, 0.25) is 0 Å². The monoisotopic (exact) mass is 308 g/mol. The molecule has 0 spiro atoms. The second kappa shape index (κ2) is 5.76. The van der Waals surface area contributed by atoms with Gasteiger partial charge in [-0.2, -0.15) is 0 Å². The van der Waals surface area contributed by atoms with Gasteiger partial charge in [0.05, 0.1) is 0 Å². The van der Waals surface area contributed by atoms with Crippen molar-refractivity contribution in [2.45, 2.75) is 0 Å². The summed E-state index contributed by atoms with van der Waals surface area (Å²) in [5.74, 6) is -5.12. The molecule has 0 saturated carbocycles. The van der Waals surface area contributed by atoms with Crippen molar-refractivity contribution in [2.24, 2.45) is 4.99 Å². The number of rotatable bonds is 3. The molecule has 0 bridgehead atoms. The van der Waals surface area contributed by atoms with Gasteiger partial charge in [-0.1, -0.05) is 0 Å². The highest BCUT2D eigenvalue weighted by atomic mass is 19.1. The second-order valence-electron chi connectivity index (χ2n) is 4.37. The Labute approximate surface area is 123 Å². The number of carboxylic acids is 1. The average Bonchev–Trinajstić information content (AvgIpc) is 2.70. The first-order valence-electron chi connectivity index (χ1n) is 5.97. The Morgan fingerprint density at radius 3 is 2.45 bits per heavy atom. The van der Waals surface area contributed by atoms with Crippen molar-refractivity contribution >= 4 is 23.8 Å². The minimum atomic E-state index is -1.20. The first-order chi connectivity index (χ1) is 10.3. The van der Waals surface area contributed by atoms with Crippen molar-refractivity contribution in [1.29, 1.82) is 0 Å². The maximum Gasteiger partial charge on any atom is 0.328 e. The Morgan fingerprint density at radius 2 is 1.91 bits per heavy atom. The van der Waals surface area contributed by atoms with E-state index in [-0.39, 0.29) is 17.1 Å². The lowest BCUT2D eigenvalue weighted by atomic mass is 10.1. The molecule has 0 saturated heterocycles. The van der Waals surface area contributed by atoms with Crippen molar-refractivity contribution in [3.8, 4) is 5.75 Å². The van der Waals surface area contributed by atoms with Crippen LogP contribution < -0.4 is 0 Å². The van der Waals surface area contributed by atoms with E-state index in [4.69, 9.17) is 10.2 Å². The number of aliphatic imine (C=N–C) groups is 1. The van der Waals surface area contributed by atoms with Gasteiger partial charge >= 0.3 is 5.97 Å². The predicted molar refractivity (Wildman–Crippen MR) is 73.0 cm³/mol. The summed E-state index contributed by atoms with van der Waals surface area (Å²) in [6.45, 7) is 0. The number of carbonyl (C=O) groups is 2. The smallest absolute Gasteiger partial charge is 0.328 e. The summed E-state index contributed by atoms with van der Waals surface area (Å²) in [6, 6.07) is 1.69. The van der Waals surface area contributed by atoms with E-state index in [0.29, 0.717) is 0 Å². The average molecular weight is 308 g/mol. The fourth-order valence-electron chi connectivity index (χ4n) is 1.74. The Hall–Kier alpha value is -3.03. The van der Waals surface area contributed by atoms with Gasteiger partial charge in [0.15, 0.2) is 17.4 Å². The van der Waals surface area contributed by atoms with Crippen LogP contribution in [-0.2, 0) is 9.59 Å². The van der Waals surface area contributed by atoms with E-state index in [1.54, 1.807) is 0 Å². The number of likely N-dealkylation sites (N-methyl/N-ethyl adjacent to an activating group) is 1. The summed E-state index contributed by atoms with van der Waals surface area (Å²) in [6.07, 6.45) is 3.07. The number of halogens is 2. The molecule has 0 atom stereocenters. The molecular formula is C14H10F2N2O4. The van der Waals surface area contributed by atoms with Crippen LogP contribution in [-0.4, -0.2) is 39.9 Å². The van der Waals surface area contributed by atoms with Crippen molar-refractivity contribution in [1.82, 2.24) is 4.90 Å². The van der Waals surface area contributed by atoms with Gasteiger partial charge < -0.3 is 10.2 Å². The van der Waals surface area contributed by atoms with E-state index in [1.165, 1.54) is 7.05 Å². The normalized spacial score (nSPS) is 16.7. The Kier molecular flexibility index (Phi) is 4.02. The summed E-state index contributed by atoms with van der Waals surface area (Å²) in [7, 11) is 1.38. The molecule has 22 heavy (non-hydrogen) atoms. The van der Waals surface area contributed by atoms with Gasteiger partial charge in [0, 0.05) is 13.1 Å². The van der Waals surface area contributed by atoms with E-state index in [1.807, 2.05) is 0 Å². The second-order valence-corrected chi connectivity index (χ2v) is 4.37. The van der Waals surface area contributed by atoms with E-state index in [0.717, 1.165) is 35.3 Å². The summed E-state index contributed by atoms with van der Waals surface area (Å²) in [5, 5.41) is 17.6. The van der Waals surface area contributed by atoms with E-state index in [9.17, 15) is 18.4 Å². The van der Waals surface area contributed by atoms with Crippen molar-refractivity contribution in [3.05, 3.63) is 47.2 Å². The van der Waals surface area contributed by atoms with E-state index < -0.39 is 29.3 Å². The number of hydrogen-bond acceptors (Lipinski definition) is 4. The Bertz CT molecular complexity index is 730. The minimum absolute atomic E-state index is 0.00300. The first kappa shape index (κ1) is 15.4. The predicted octanol–water partition coefficient (Wildman–Crippen LogP) is 1.52. The molecule has 0 radical (unpaired) electrons. The molecule has 0 aromatic heterocycles. The molecule has 8 heteroatoms. The number of carboxylic acid groups (broad SMARTS) is 1. The largest absolute Gasteiger partial charge is 0.503 e. The number of amidine groups is 1. The third kappa shape index (κ3) is 3.00. The Balaban J connectivity index is 2.39. The number of hydrogen-bond donors (Lipinski definition) is 2. The van der Waals surface area contributed by atoms with Gasteiger partial charge in [-0.05, 0) is 29.8 Å². The topological polar surface area (TPSA) is 90.2 Å². The zero-order valence-electron chi connectivity index (χ0n) is 11.2. The van der Waals surface area contributed by atoms with Crippen LogP contribution in [0, 0.1) is 11.6 Å². The number of nitrogens with zero attached hydrogens (tertiary/aromatic N) is 2. The van der Waals surface area contributed by atoms with Crippen molar-refractivity contribution in [2.75, 3.05) is 7.05 Å². The molecule has 1 amide bonds. The highest BCUT2D eigenvalue weighted by Crippen LogP contribution is 2.24. The zero-order valence-corrected chi connectivity index (χ0v) is 11.2. The van der Waals surface area contributed by atoms with Gasteiger partial charge in [-0.15, -0.1) is 0 Å². The number of phenols is 1. The van der Waals surface area contributed by atoms with Crippen molar-refractivity contribution in [3.63, 3.8) is 0 Å². The van der Waals surface area contributed by atoms with Gasteiger partial charge in [0.25, 0.3) is 5.91 Å². The number of aromatic hydroxyl groups is 1. The SMILES string of the molecule is CN1C(=O)/C(=C/c2cc(F)c(O)c(F)c2)N=C1/C=C/C(=O)O. The number of benzene rings is 1. The van der Waals surface area contributed by atoms with Crippen LogP contribution >= 0.6 is 0 Å². The van der Waals surface area contributed by atoms with Crippen LogP contribution in [0.5, 0.6) is 5.75 Å². The quantitative estimate of drug-likeness (QED) is 0.828. The molecule has 1 aliphatic rings. The first-order valence-corrected chi connectivity index (χ1v) is 5.97. The molecule has 1 aromatic rings. The third-order valence-electron chi connectivity index (χ3n) is 2.82. The van der Waals surface area contributed by atoms with Crippen LogP contribution in [0.3, 0.4) is 0 Å².